The first-order valence-electron chi connectivity index (χ1n) is 6.75. The van der Waals surface area contributed by atoms with Gasteiger partial charge in [-0.3, -0.25) is 4.57 Å². The lowest BCUT2D eigenvalue weighted by Crippen LogP contribution is -2.25. The fourth-order valence-electron chi connectivity index (χ4n) is 2.03. The van der Waals surface area contributed by atoms with Crippen molar-refractivity contribution in [3.05, 3.63) is 65.2 Å². The molecule has 0 amide bonds. The van der Waals surface area contributed by atoms with Crippen molar-refractivity contribution in [3.63, 3.8) is 0 Å². The van der Waals surface area contributed by atoms with Gasteiger partial charge in [0.1, 0.15) is 0 Å². The van der Waals surface area contributed by atoms with Gasteiger partial charge in [-0.25, -0.2) is 0 Å². The van der Waals surface area contributed by atoms with Gasteiger partial charge >= 0.3 is 13.0 Å². The molecular weight excluding hydrogens is 329 g/mol. The second kappa shape index (κ2) is 6.49. The monoisotopic (exact) mass is 344 g/mol. The first-order valence-corrected chi connectivity index (χ1v) is 8.75. The van der Waals surface area contributed by atoms with E-state index < -0.39 is 19.1 Å². The van der Waals surface area contributed by atoms with Gasteiger partial charge in [0.25, 0.3) is 0 Å². The average molecular weight is 345 g/mol. The smallest absolute Gasteiger partial charge is 0.318 e. The summed E-state index contributed by atoms with van der Waals surface area (Å²) in [7, 11) is -4.44. The fourth-order valence-corrected chi connectivity index (χ4v) is 4.38. The van der Waals surface area contributed by atoms with E-state index in [-0.39, 0.29) is 10.9 Å². The molecule has 0 heterocycles. The van der Waals surface area contributed by atoms with Crippen molar-refractivity contribution in [2.24, 2.45) is 0 Å². The van der Waals surface area contributed by atoms with Crippen LogP contribution in [0.25, 0.3) is 0 Å². The van der Waals surface area contributed by atoms with Crippen LogP contribution in [0.15, 0.2) is 54.6 Å². The average Bonchev–Trinajstić information content (AvgIpc) is 2.47. The third kappa shape index (κ3) is 3.24. The molecule has 6 heteroatoms. The number of rotatable bonds is 5. The van der Waals surface area contributed by atoms with Gasteiger partial charge in [-0.15, -0.1) is 0 Å². The molecule has 0 fully saturated rings. The second-order valence-electron chi connectivity index (χ2n) is 5.09. The zero-order chi connectivity index (χ0) is 16.4. The van der Waals surface area contributed by atoms with Crippen LogP contribution in [0.5, 0.6) is 0 Å². The summed E-state index contributed by atoms with van der Waals surface area (Å²) in [4.78, 5) is 0. The molecule has 118 valence electrons. The molecule has 0 bridgehead atoms. The van der Waals surface area contributed by atoms with Crippen LogP contribution in [0.3, 0.4) is 0 Å². The molecule has 1 unspecified atom stereocenters. The Morgan fingerprint density at radius 2 is 1.59 bits per heavy atom. The summed E-state index contributed by atoms with van der Waals surface area (Å²) in [6.07, 6.45) is -0.607. The maximum absolute atomic E-state index is 15.0. The van der Waals surface area contributed by atoms with Crippen molar-refractivity contribution >= 4 is 24.3 Å². The normalized spacial score (nSPS) is 14.8. The maximum Gasteiger partial charge on any atom is 0.350 e. The summed E-state index contributed by atoms with van der Waals surface area (Å²) in [5, 5.41) is 0.322. The number of benzene rings is 2. The Bertz CT molecular complexity index is 672. The van der Waals surface area contributed by atoms with Crippen molar-refractivity contribution in [3.8, 4) is 0 Å². The number of halogens is 3. The van der Waals surface area contributed by atoms with E-state index >= 15 is 0 Å². The van der Waals surface area contributed by atoms with Gasteiger partial charge in [-0.2, -0.15) is 8.78 Å². The highest BCUT2D eigenvalue weighted by molar-refractivity contribution is 7.67. The molecule has 0 saturated carbocycles. The summed E-state index contributed by atoms with van der Waals surface area (Å²) in [5.74, 6) is 0. The van der Waals surface area contributed by atoms with E-state index in [0.29, 0.717) is 5.02 Å². The van der Waals surface area contributed by atoms with Gasteiger partial charge in [-0.05, 0) is 38.1 Å². The molecule has 2 aromatic rings. The highest BCUT2D eigenvalue weighted by Gasteiger charge is 2.54. The van der Waals surface area contributed by atoms with E-state index in [0.717, 1.165) is 0 Å². The van der Waals surface area contributed by atoms with E-state index in [1.807, 2.05) is 0 Å². The molecule has 0 saturated heterocycles. The second-order valence-corrected chi connectivity index (χ2v) is 7.92. The Morgan fingerprint density at radius 3 is 2.09 bits per heavy atom. The summed E-state index contributed by atoms with van der Waals surface area (Å²) < 4.78 is 48.3. The number of hydrogen-bond donors (Lipinski definition) is 0. The molecule has 0 radical (unpaired) electrons. The Kier molecular flexibility index (Phi) is 5.06. The van der Waals surface area contributed by atoms with Crippen molar-refractivity contribution in [1.29, 1.82) is 0 Å². The summed E-state index contributed by atoms with van der Waals surface area (Å²) >= 11 is 5.73. The molecule has 2 nitrogen and oxygen atoms in total. The number of alkyl halides is 2. The lowest BCUT2D eigenvalue weighted by Gasteiger charge is -2.29. The lowest BCUT2D eigenvalue weighted by molar-refractivity contribution is 0.0627. The zero-order valence-electron chi connectivity index (χ0n) is 12.2. The van der Waals surface area contributed by atoms with Crippen LogP contribution < -0.4 is 5.30 Å². The lowest BCUT2D eigenvalue weighted by atomic mass is 10.2. The van der Waals surface area contributed by atoms with Gasteiger partial charge in [0.2, 0.25) is 0 Å². The zero-order valence-corrected chi connectivity index (χ0v) is 13.8. The molecule has 22 heavy (non-hydrogen) atoms. The minimum Gasteiger partial charge on any atom is -0.318 e. The quantitative estimate of drug-likeness (QED) is 0.677. The Hall–Kier alpha value is -1.22. The highest BCUT2D eigenvalue weighted by Crippen LogP contribution is 2.65. The minimum atomic E-state index is -4.44. The van der Waals surface area contributed by atoms with Crippen molar-refractivity contribution in [2.75, 3.05) is 0 Å². The van der Waals surface area contributed by atoms with E-state index in [1.165, 1.54) is 36.4 Å². The minimum absolute atomic E-state index is 0.0105. The van der Waals surface area contributed by atoms with E-state index in [4.69, 9.17) is 16.1 Å². The third-order valence-electron chi connectivity index (χ3n) is 3.02. The van der Waals surface area contributed by atoms with Crippen LogP contribution in [0.2, 0.25) is 5.02 Å². The van der Waals surface area contributed by atoms with Crippen LogP contribution in [-0.4, -0.2) is 6.10 Å². The molecule has 0 aromatic heterocycles. The van der Waals surface area contributed by atoms with Crippen LogP contribution >= 0.6 is 19.0 Å². The fraction of sp³-hybridized carbons (Fsp3) is 0.250. The first-order chi connectivity index (χ1) is 10.3. The standard InChI is InChI=1S/C16H16ClF2O2P/c1-12(2)21-22(20,15-6-4-3-5-7-15)16(18,19)13-8-10-14(17)11-9-13/h3-12H,1-2H3. The molecule has 0 N–H and O–H groups in total. The third-order valence-corrected chi connectivity index (χ3v) is 5.96. The highest BCUT2D eigenvalue weighted by atomic mass is 35.5. The van der Waals surface area contributed by atoms with Gasteiger partial charge in [0.05, 0.1) is 6.10 Å². The van der Waals surface area contributed by atoms with Crippen molar-refractivity contribution in [1.82, 2.24) is 0 Å². The van der Waals surface area contributed by atoms with Crippen LogP contribution in [0.1, 0.15) is 19.4 Å². The molecular formula is C16H16ClF2O2P. The van der Waals surface area contributed by atoms with E-state index in [9.17, 15) is 13.3 Å². The Morgan fingerprint density at radius 1 is 1.05 bits per heavy atom. The Labute approximate surface area is 133 Å². The Balaban J connectivity index is 2.57. The van der Waals surface area contributed by atoms with E-state index in [2.05, 4.69) is 0 Å². The van der Waals surface area contributed by atoms with E-state index in [1.54, 1.807) is 32.0 Å². The van der Waals surface area contributed by atoms with Gasteiger partial charge in [0.15, 0.2) is 0 Å². The molecule has 2 aromatic carbocycles. The summed E-state index contributed by atoms with van der Waals surface area (Å²) in [5.41, 5.74) is -4.03. The van der Waals surface area contributed by atoms with Gasteiger partial charge < -0.3 is 4.52 Å². The predicted molar refractivity (Wildman–Crippen MR) is 85.2 cm³/mol. The van der Waals surface area contributed by atoms with Crippen LogP contribution in [0.4, 0.5) is 8.78 Å². The molecule has 0 aliphatic rings. The topological polar surface area (TPSA) is 26.3 Å². The van der Waals surface area contributed by atoms with Crippen LogP contribution in [-0.2, 0) is 14.8 Å². The molecule has 2 rings (SSSR count). The molecule has 0 aliphatic carbocycles. The number of hydrogen-bond acceptors (Lipinski definition) is 2. The molecule has 0 spiro atoms. The predicted octanol–water partition coefficient (Wildman–Crippen LogP) is 5.42. The maximum atomic E-state index is 15.0. The van der Waals surface area contributed by atoms with Crippen molar-refractivity contribution in [2.45, 2.75) is 25.6 Å². The van der Waals surface area contributed by atoms with Crippen molar-refractivity contribution < 1.29 is 17.9 Å². The molecule has 1 atom stereocenters. The summed E-state index contributed by atoms with van der Waals surface area (Å²) in [6.45, 7) is 3.15. The SMILES string of the molecule is CC(C)OP(=O)(c1ccccc1)C(F)(F)c1ccc(Cl)cc1. The van der Waals surface area contributed by atoms with Gasteiger partial charge in [0, 0.05) is 15.9 Å². The van der Waals surface area contributed by atoms with Crippen LogP contribution in [0, 0.1) is 0 Å². The molecule has 0 aliphatic heterocycles. The summed E-state index contributed by atoms with van der Waals surface area (Å²) in [6, 6.07) is 12.6. The first kappa shape index (κ1) is 17.1. The largest absolute Gasteiger partial charge is 0.350 e. The van der Waals surface area contributed by atoms with Gasteiger partial charge in [-0.1, -0.05) is 41.9 Å².